The molecule has 0 bridgehead atoms. The molecule has 4 aromatic carbocycles. The normalized spacial score (nSPS) is 11.3. The minimum absolute atomic E-state index is 0.132. The Balaban J connectivity index is 1.23. The van der Waals surface area contributed by atoms with Gasteiger partial charge in [-0.05, 0) is 60.2 Å². The minimum atomic E-state index is -0.815. The van der Waals surface area contributed by atoms with Crippen LogP contribution in [0.15, 0.2) is 109 Å². The van der Waals surface area contributed by atoms with E-state index in [1.807, 2.05) is 30.3 Å². The Bertz CT molecular complexity index is 1790. The highest BCUT2D eigenvalue weighted by Crippen LogP contribution is 2.21. The molecule has 2 N–H and O–H groups in total. The predicted octanol–water partition coefficient (Wildman–Crippen LogP) is 4.61. The van der Waals surface area contributed by atoms with Crippen molar-refractivity contribution in [2.24, 2.45) is 0 Å². The third-order valence-corrected chi connectivity index (χ3v) is 7.32. The van der Waals surface area contributed by atoms with E-state index in [2.05, 4.69) is 20.9 Å². The molecule has 0 aliphatic heterocycles. The van der Waals surface area contributed by atoms with E-state index < -0.39 is 6.04 Å². The number of nitrogens with one attached hydrogen (secondary N) is 2. The molecular formula is C35H34N6O5. The molecule has 46 heavy (non-hydrogen) atoms. The first-order valence-electron chi connectivity index (χ1n) is 14.5. The van der Waals surface area contributed by atoms with Gasteiger partial charge in [-0.25, -0.2) is 4.68 Å². The summed E-state index contributed by atoms with van der Waals surface area (Å²) in [7, 11) is 4.80. The summed E-state index contributed by atoms with van der Waals surface area (Å²) in [5.74, 6) is 0.365. The Kier molecular flexibility index (Phi) is 10.0. The Morgan fingerprint density at radius 1 is 0.848 bits per heavy atom. The average Bonchev–Trinajstić information content (AvgIpc) is 3.56. The van der Waals surface area contributed by atoms with Gasteiger partial charge in [-0.15, -0.1) is 5.10 Å². The summed E-state index contributed by atoms with van der Waals surface area (Å²) in [6, 6.07) is 29.9. The number of likely N-dealkylation sites (N-methyl/N-ethyl adjacent to an activating group) is 1. The van der Waals surface area contributed by atoms with Gasteiger partial charge in [0.2, 0.25) is 11.8 Å². The number of ether oxygens (including phenoxy) is 2. The third kappa shape index (κ3) is 7.94. The van der Waals surface area contributed by atoms with Crippen molar-refractivity contribution in [3.8, 4) is 22.8 Å². The fourth-order valence-corrected chi connectivity index (χ4v) is 4.80. The molecule has 0 saturated heterocycles. The number of amides is 3. The number of aromatic nitrogens is 3. The highest BCUT2D eigenvalue weighted by molar-refractivity contribution is 6.04. The van der Waals surface area contributed by atoms with Crippen LogP contribution >= 0.6 is 0 Å². The number of benzene rings is 4. The molecule has 0 saturated carbocycles. The molecule has 0 aliphatic rings. The summed E-state index contributed by atoms with van der Waals surface area (Å²) in [4.78, 5) is 40.9. The van der Waals surface area contributed by atoms with Gasteiger partial charge in [-0.3, -0.25) is 14.4 Å². The number of carbonyl (C=O) groups is 3. The predicted molar refractivity (Wildman–Crippen MR) is 175 cm³/mol. The zero-order chi connectivity index (χ0) is 32.5. The maximum Gasteiger partial charge on any atom is 0.255 e. The van der Waals surface area contributed by atoms with Gasteiger partial charge in [0.1, 0.15) is 29.8 Å². The summed E-state index contributed by atoms with van der Waals surface area (Å²) in [6.45, 7) is -0.132. The molecule has 234 valence electrons. The summed E-state index contributed by atoms with van der Waals surface area (Å²) in [5, 5.41) is 14.1. The zero-order valence-electron chi connectivity index (χ0n) is 25.7. The maximum absolute atomic E-state index is 13.6. The van der Waals surface area contributed by atoms with E-state index in [4.69, 9.17) is 9.47 Å². The fourth-order valence-electron chi connectivity index (χ4n) is 4.80. The van der Waals surface area contributed by atoms with Gasteiger partial charge >= 0.3 is 0 Å². The van der Waals surface area contributed by atoms with E-state index in [1.54, 1.807) is 100 Å². The molecule has 1 unspecified atom stereocenters. The van der Waals surface area contributed by atoms with E-state index in [9.17, 15) is 14.4 Å². The SMILES string of the molecule is COc1ccc(N(C)C(=O)C(Cc2ccccc2)NC(=O)Cn2cc(-c3ccc(NC(=O)c4cccc(OC)c4)cc3)nn2)cc1. The fraction of sp³-hybridized carbons (Fsp3) is 0.171. The largest absolute Gasteiger partial charge is 0.497 e. The van der Waals surface area contributed by atoms with E-state index in [-0.39, 0.29) is 24.3 Å². The topological polar surface area (TPSA) is 128 Å². The first-order chi connectivity index (χ1) is 22.3. The van der Waals surface area contributed by atoms with Gasteiger partial charge in [-0.2, -0.15) is 0 Å². The first-order valence-corrected chi connectivity index (χ1v) is 14.5. The first kappa shape index (κ1) is 31.5. The summed E-state index contributed by atoms with van der Waals surface area (Å²) < 4.78 is 11.8. The van der Waals surface area contributed by atoms with Crippen LogP contribution in [-0.4, -0.2) is 60.0 Å². The molecule has 5 rings (SSSR count). The molecule has 0 aliphatic carbocycles. The summed E-state index contributed by atoms with van der Waals surface area (Å²) in [5.41, 5.74) is 3.97. The molecule has 1 atom stereocenters. The van der Waals surface area contributed by atoms with Crippen LogP contribution in [-0.2, 0) is 22.6 Å². The standard InChI is InChI=1S/C35H34N6O5/c1-40(28-16-18-29(45-2)19-17-28)35(44)31(20-24-8-5-4-6-9-24)37-33(42)23-41-22-32(38-39-41)25-12-14-27(15-13-25)36-34(43)26-10-7-11-30(21-26)46-3/h4-19,21-22,31H,20,23H2,1-3H3,(H,36,43)(H,37,42). The monoisotopic (exact) mass is 618 g/mol. The smallest absolute Gasteiger partial charge is 0.255 e. The molecule has 5 aromatic rings. The number of methoxy groups -OCH3 is 2. The van der Waals surface area contributed by atoms with E-state index in [1.165, 1.54) is 9.58 Å². The van der Waals surface area contributed by atoms with Crippen LogP contribution in [0, 0.1) is 0 Å². The van der Waals surface area contributed by atoms with Gasteiger partial charge in [0, 0.05) is 36.0 Å². The molecule has 3 amide bonds. The molecule has 0 fully saturated rings. The number of carbonyl (C=O) groups excluding carboxylic acids is 3. The maximum atomic E-state index is 13.6. The number of hydrogen-bond acceptors (Lipinski definition) is 7. The van der Waals surface area contributed by atoms with Crippen LogP contribution < -0.4 is 25.0 Å². The third-order valence-electron chi connectivity index (χ3n) is 7.32. The Hall–Kier alpha value is -5.97. The Morgan fingerprint density at radius 2 is 1.57 bits per heavy atom. The second-order valence-corrected chi connectivity index (χ2v) is 10.5. The molecule has 1 heterocycles. The van der Waals surface area contributed by atoms with Crippen LogP contribution in [0.5, 0.6) is 11.5 Å². The number of rotatable bonds is 12. The van der Waals surface area contributed by atoms with E-state index in [0.717, 1.165) is 11.1 Å². The van der Waals surface area contributed by atoms with Crippen molar-refractivity contribution < 1.29 is 23.9 Å². The molecule has 1 aromatic heterocycles. The lowest BCUT2D eigenvalue weighted by atomic mass is 10.0. The number of hydrogen-bond donors (Lipinski definition) is 2. The molecule has 11 heteroatoms. The minimum Gasteiger partial charge on any atom is -0.497 e. The highest BCUT2D eigenvalue weighted by atomic mass is 16.5. The van der Waals surface area contributed by atoms with Gasteiger partial charge in [0.25, 0.3) is 5.91 Å². The van der Waals surface area contributed by atoms with Crippen LogP contribution in [0.4, 0.5) is 11.4 Å². The van der Waals surface area contributed by atoms with Crippen molar-refractivity contribution in [2.45, 2.75) is 19.0 Å². The van der Waals surface area contributed by atoms with Crippen molar-refractivity contribution in [3.05, 3.63) is 120 Å². The Labute approximate surface area is 266 Å². The van der Waals surface area contributed by atoms with Crippen molar-refractivity contribution in [3.63, 3.8) is 0 Å². The molecular weight excluding hydrogens is 584 g/mol. The number of nitrogens with zero attached hydrogens (tertiary/aromatic N) is 4. The van der Waals surface area contributed by atoms with Crippen LogP contribution in [0.2, 0.25) is 0 Å². The van der Waals surface area contributed by atoms with Gasteiger partial charge in [0.05, 0.1) is 20.4 Å². The second-order valence-electron chi connectivity index (χ2n) is 10.5. The van der Waals surface area contributed by atoms with Gasteiger partial charge in [0.15, 0.2) is 0 Å². The quantitative estimate of drug-likeness (QED) is 0.209. The van der Waals surface area contributed by atoms with E-state index in [0.29, 0.717) is 40.6 Å². The van der Waals surface area contributed by atoms with Crippen LogP contribution in [0.1, 0.15) is 15.9 Å². The zero-order valence-corrected chi connectivity index (χ0v) is 25.7. The van der Waals surface area contributed by atoms with Crippen molar-refractivity contribution in [1.29, 1.82) is 0 Å². The van der Waals surface area contributed by atoms with Gasteiger partial charge < -0.3 is 25.0 Å². The van der Waals surface area contributed by atoms with E-state index >= 15 is 0 Å². The lowest BCUT2D eigenvalue weighted by Gasteiger charge is -2.25. The lowest BCUT2D eigenvalue weighted by Crippen LogP contribution is -2.49. The average molecular weight is 619 g/mol. The van der Waals surface area contributed by atoms with Crippen molar-refractivity contribution in [1.82, 2.24) is 20.3 Å². The van der Waals surface area contributed by atoms with Gasteiger partial charge in [-0.1, -0.05) is 53.7 Å². The van der Waals surface area contributed by atoms with Crippen LogP contribution in [0.25, 0.3) is 11.3 Å². The number of anilines is 2. The second kappa shape index (κ2) is 14.7. The van der Waals surface area contributed by atoms with Crippen LogP contribution in [0.3, 0.4) is 0 Å². The van der Waals surface area contributed by atoms with Crippen molar-refractivity contribution in [2.75, 3.05) is 31.5 Å². The molecule has 0 spiro atoms. The molecule has 0 radical (unpaired) electrons. The summed E-state index contributed by atoms with van der Waals surface area (Å²) in [6.07, 6.45) is 1.97. The Morgan fingerprint density at radius 3 is 2.26 bits per heavy atom. The molecule has 11 nitrogen and oxygen atoms in total. The highest BCUT2D eigenvalue weighted by Gasteiger charge is 2.26. The lowest BCUT2D eigenvalue weighted by molar-refractivity contribution is -0.127. The van der Waals surface area contributed by atoms with Crippen molar-refractivity contribution >= 4 is 29.1 Å². The summed E-state index contributed by atoms with van der Waals surface area (Å²) >= 11 is 0.